The number of carboxylic acids is 1. The largest absolute Gasteiger partial charge is 0.480 e. The summed E-state index contributed by atoms with van der Waals surface area (Å²) in [4.78, 5) is 24.5. The number of carboxylic acid groups (broad SMARTS) is 1. The Morgan fingerprint density at radius 1 is 1.10 bits per heavy atom. The van der Waals surface area contributed by atoms with Gasteiger partial charge in [-0.25, -0.2) is 4.79 Å². The van der Waals surface area contributed by atoms with Gasteiger partial charge in [-0.3, -0.25) is 4.79 Å². The summed E-state index contributed by atoms with van der Waals surface area (Å²) in [6, 6.07) is 8.84. The van der Waals surface area contributed by atoms with Crippen LogP contribution in [0.1, 0.15) is 65.4 Å². The van der Waals surface area contributed by atoms with Crippen molar-refractivity contribution in [3.8, 4) is 0 Å². The topological polar surface area (TPSA) is 75.6 Å². The van der Waals surface area contributed by atoms with Crippen molar-refractivity contribution >= 4 is 24.5 Å². The first-order chi connectivity index (χ1) is 14.8. The molecular formula is C25H41NO4S. The van der Waals surface area contributed by atoms with Crippen LogP contribution in [-0.2, 0) is 20.7 Å². The molecule has 0 fully saturated rings. The van der Waals surface area contributed by atoms with Gasteiger partial charge in [-0.2, -0.15) is 12.6 Å². The Hall–Kier alpha value is -1.53. The fraction of sp³-hybridized carbons (Fsp3) is 0.680. The summed E-state index contributed by atoms with van der Waals surface area (Å²) in [6.07, 6.45) is 3.95. The van der Waals surface area contributed by atoms with E-state index in [1.807, 2.05) is 37.3 Å². The number of rotatable bonds is 16. The van der Waals surface area contributed by atoms with Crippen LogP contribution >= 0.6 is 12.6 Å². The van der Waals surface area contributed by atoms with Gasteiger partial charge < -0.3 is 15.2 Å². The second kappa shape index (κ2) is 15.3. The molecule has 0 aliphatic rings. The van der Waals surface area contributed by atoms with Gasteiger partial charge in [0.2, 0.25) is 5.91 Å². The van der Waals surface area contributed by atoms with Gasteiger partial charge >= 0.3 is 5.97 Å². The number of benzene rings is 1. The second-order valence-corrected chi connectivity index (χ2v) is 9.08. The highest BCUT2D eigenvalue weighted by molar-refractivity contribution is 7.80. The molecule has 0 aromatic heterocycles. The molecule has 2 N–H and O–H groups in total. The fourth-order valence-corrected chi connectivity index (χ4v) is 3.74. The zero-order valence-electron chi connectivity index (χ0n) is 19.5. The van der Waals surface area contributed by atoms with Gasteiger partial charge in [0.1, 0.15) is 12.1 Å². The van der Waals surface area contributed by atoms with E-state index < -0.39 is 18.1 Å². The summed E-state index contributed by atoms with van der Waals surface area (Å²) in [5, 5.41) is 12.1. The van der Waals surface area contributed by atoms with E-state index in [1.165, 1.54) is 0 Å². The number of thiol groups is 1. The average Bonchev–Trinajstić information content (AvgIpc) is 2.77. The Bertz CT molecular complexity index is 640. The Morgan fingerprint density at radius 3 is 2.32 bits per heavy atom. The predicted molar refractivity (Wildman–Crippen MR) is 130 cm³/mol. The highest BCUT2D eigenvalue weighted by Gasteiger charge is 2.27. The normalized spacial score (nSPS) is 16.2. The first kappa shape index (κ1) is 27.5. The van der Waals surface area contributed by atoms with Crippen molar-refractivity contribution in [1.29, 1.82) is 0 Å². The third-order valence-corrected chi connectivity index (χ3v) is 6.67. The minimum atomic E-state index is -1.01. The van der Waals surface area contributed by atoms with Crippen LogP contribution < -0.4 is 5.32 Å². The van der Waals surface area contributed by atoms with E-state index in [9.17, 15) is 14.7 Å². The third kappa shape index (κ3) is 10.6. The lowest BCUT2D eigenvalue weighted by Crippen LogP contribution is -2.47. The highest BCUT2D eigenvalue weighted by atomic mass is 32.1. The van der Waals surface area contributed by atoms with Crippen LogP contribution in [0.25, 0.3) is 0 Å². The molecule has 0 saturated heterocycles. The van der Waals surface area contributed by atoms with Crippen LogP contribution in [0.15, 0.2) is 30.3 Å². The molecule has 0 heterocycles. The van der Waals surface area contributed by atoms with Gasteiger partial charge in [0.25, 0.3) is 0 Å². The van der Waals surface area contributed by atoms with Crippen LogP contribution in [0.5, 0.6) is 0 Å². The maximum absolute atomic E-state index is 13.0. The molecule has 5 unspecified atom stereocenters. The number of carbonyl (C=O) groups excluding carboxylic acids is 1. The molecule has 0 radical (unpaired) electrons. The van der Waals surface area contributed by atoms with Crippen molar-refractivity contribution in [1.82, 2.24) is 5.32 Å². The molecule has 0 bridgehead atoms. The third-order valence-electron chi connectivity index (χ3n) is 6.05. The SMILES string of the molecule is CCCC(NC(=O)C(Cc1ccccc1)OCC(CCC(C)CS)C(C)CC)C(=O)O. The van der Waals surface area contributed by atoms with Crippen molar-refractivity contribution in [2.24, 2.45) is 17.8 Å². The number of ether oxygens (including phenoxy) is 1. The van der Waals surface area contributed by atoms with E-state index in [1.54, 1.807) is 0 Å². The van der Waals surface area contributed by atoms with E-state index in [0.717, 1.165) is 30.6 Å². The van der Waals surface area contributed by atoms with Crippen molar-refractivity contribution in [2.45, 2.75) is 78.4 Å². The van der Waals surface area contributed by atoms with E-state index in [0.29, 0.717) is 43.6 Å². The molecule has 5 atom stereocenters. The number of amides is 1. The molecule has 0 saturated carbocycles. The average molecular weight is 452 g/mol. The van der Waals surface area contributed by atoms with Crippen LogP contribution in [0.4, 0.5) is 0 Å². The van der Waals surface area contributed by atoms with Crippen molar-refractivity contribution < 1.29 is 19.4 Å². The molecule has 0 aliphatic heterocycles. The van der Waals surface area contributed by atoms with Crippen LogP contribution in [-0.4, -0.2) is 41.5 Å². The molecule has 0 spiro atoms. The molecular weight excluding hydrogens is 410 g/mol. The van der Waals surface area contributed by atoms with Gasteiger partial charge in [0, 0.05) is 6.42 Å². The lowest BCUT2D eigenvalue weighted by Gasteiger charge is -2.27. The van der Waals surface area contributed by atoms with Crippen molar-refractivity contribution in [3.63, 3.8) is 0 Å². The highest BCUT2D eigenvalue weighted by Crippen LogP contribution is 2.24. The number of aliphatic carboxylic acids is 1. The minimum absolute atomic E-state index is 0.351. The maximum Gasteiger partial charge on any atom is 0.326 e. The summed E-state index contributed by atoms with van der Waals surface area (Å²) in [7, 11) is 0. The molecule has 1 amide bonds. The van der Waals surface area contributed by atoms with E-state index in [2.05, 4.69) is 38.7 Å². The lowest BCUT2D eigenvalue weighted by molar-refractivity contribution is -0.145. The first-order valence-corrected chi connectivity index (χ1v) is 12.2. The summed E-state index contributed by atoms with van der Waals surface area (Å²) < 4.78 is 6.19. The Kier molecular flexibility index (Phi) is 13.6. The predicted octanol–water partition coefficient (Wildman–Crippen LogP) is 4.99. The van der Waals surface area contributed by atoms with E-state index in [-0.39, 0.29) is 5.91 Å². The fourth-order valence-electron chi connectivity index (χ4n) is 3.56. The number of hydrogen-bond acceptors (Lipinski definition) is 4. The second-order valence-electron chi connectivity index (χ2n) is 8.71. The monoisotopic (exact) mass is 451 g/mol. The van der Waals surface area contributed by atoms with Crippen molar-refractivity contribution in [2.75, 3.05) is 12.4 Å². The van der Waals surface area contributed by atoms with E-state index >= 15 is 0 Å². The smallest absolute Gasteiger partial charge is 0.326 e. The zero-order valence-corrected chi connectivity index (χ0v) is 20.4. The molecule has 6 heteroatoms. The van der Waals surface area contributed by atoms with Crippen molar-refractivity contribution in [3.05, 3.63) is 35.9 Å². The van der Waals surface area contributed by atoms with Gasteiger partial charge in [-0.1, -0.05) is 70.9 Å². The van der Waals surface area contributed by atoms with Gasteiger partial charge in [0.15, 0.2) is 0 Å². The minimum Gasteiger partial charge on any atom is -0.480 e. The molecule has 31 heavy (non-hydrogen) atoms. The van der Waals surface area contributed by atoms with Gasteiger partial charge in [0.05, 0.1) is 6.61 Å². The van der Waals surface area contributed by atoms with E-state index in [4.69, 9.17) is 4.74 Å². The summed E-state index contributed by atoms with van der Waals surface area (Å²) >= 11 is 4.39. The Morgan fingerprint density at radius 2 is 1.77 bits per heavy atom. The first-order valence-electron chi connectivity index (χ1n) is 11.6. The molecule has 1 rings (SSSR count). The molecule has 1 aromatic carbocycles. The van der Waals surface area contributed by atoms with Crippen LogP contribution in [0.3, 0.4) is 0 Å². The number of carbonyl (C=O) groups is 2. The Balaban J connectivity index is 2.90. The summed E-state index contributed by atoms with van der Waals surface area (Å²) in [6.45, 7) is 9.00. The lowest BCUT2D eigenvalue weighted by atomic mass is 9.86. The summed E-state index contributed by atoms with van der Waals surface area (Å²) in [5.41, 5.74) is 0.994. The number of nitrogens with one attached hydrogen (secondary N) is 1. The molecule has 0 aliphatic carbocycles. The molecule has 176 valence electrons. The Labute approximate surface area is 193 Å². The zero-order chi connectivity index (χ0) is 23.2. The maximum atomic E-state index is 13.0. The number of hydrogen-bond donors (Lipinski definition) is 3. The van der Waals surface area contributed by atoms with Crippen LogP contribution in [0, 0.1) is 17.8 Å². The standard InChI is InChI=1S/C25H41NO4S/c1-5-10-22(25(28)29)26-24(27)23(15-20-11-8-7-9-12-20)30-16-21(19(4)6-2)14-13-18(3)17-31/h7-9,11-12,18-19,21-23,31H,5-6,10,13-17H2,1-4H3,(H,26,27)(H,28,29). The van der Waals surface area contributed by atoms with Crippen LogP contribution in [0.2, 0.25) is 0 Å². The molecule has 1 aromatic rings. The summed E-state index contributed by atoms with van der Waals surface area (Å²) in [5.74, 6) is 0.886. The van der Waals surface area contributed by atoms with Gasteiger partial charge in [-0.05, 0) is 48.3 Å². The molecule has 5 nitrogen and oxygen atoms in total. The van der Waals surface area contributed by atoms with Gasteiger partial charge in [-0.15, -0.1) is 0 Å². The quantitative estimate of drug-likeness (QED) is 0.309.